The monoisotopic (exact) mass is 454 g/mol. The number of benzene rings is 1. The third-order valence-corrected chi connectivity index (χ3v) is 5.17. The van der Waals surface area contributed by atoms with Gasteiger partial charge in [-0.15, -0.1) is 0 Å². The number of hydrogen-bond donors (Lipinski definition) is 3. The Morgan fingerprint density at radius 1 is 1.35 bits per heavy atom. The lowest BCUT2D eigenvalue weighted by Crippen LogP contribution is -2.55. The van der Waals surface area contributed by atoms with Gasteiger partial charge in [0.1, 0.15) is 23.3 Å². The van der Waals surface area contributed by atoms with E-state index in [1.807, 2.05) is 18.2 Å². The molecule has 2 aromatic rings. The molecule has 1 saturated heterocycles. The van der Waals surface area contributed by atoms with Gasteiger partial charge in [0.05, 0.1) is 22.8 Å². The van der Waals surface area contributed by atoms with Gasteiger partial charge in [0.2, 0.25) is 0 Å². The van der Waals surface area contributed by atoms with Crippen LogP contribution < -0.4 is 21.1 Å². The second-order valence-electron chi connectivity index (χ2n) is 7.24. The third kappa shape index (κ3) is 4.37. The van der Waals surface area contributed by atoms with Gasteiger partial charge in [-0.05, 0) is 25.1 Å². The van der Waals surface area contributed by atoms with Crippen LogP contribution in [0.25, 0.3) is 0 Å². The first kappa shape index (κ1) is 21.2. The van der Waals surface area contributed by atoms with E-state index in [9.17, 15) is 18.0 Å². The van der Waals surface area contributed by atoms with Gasteiger partial charge in [0.25, 0.3) is 0 Å². The summed E-state index contributed by atoms with van der Waals surface area (Å²) in [5.41, 5.74) is 2.46. The zero-order valence-electron chi connectivity index (χ0n) is 16.2. The first-order valence-electron chi connectivity index (χ1n) is 9.30. The Kier molecular flexibility index (Phi) is 5.40. The molecule has 0 aliphatic carbocycles. The van der Waals surface area contributed by atoms with E-state index >= 15 is 0 Å². The first-order valence-corrected chi connectivity index (χ1v) is 9.68. The smallest absolute Gasteiger partial charge is 0.390 e. The standard InChI is InChI=1S/C19H18ClF3N6O2/c1-18(26-17(30)29(28-18)12-5-3-2-4-6-12)15-8-13(31-27-15)10-25-16-14(20)7-11(9-24-16)19(21,22)23/h2-7,9,13,28H,8,10H2,1H3,(H,24,25)(H,26,30)/t13-,18-/m0/s1. The number of carbonyl (C=O) groups excluding carboxylic acids is 1. The van der Waals surface area contributed by atoms with Crippen molar-refractivity contribution in [3.8, 4) is 0 Å². The van der Waals surface area contributed by atoms with E-state index in [0.29, 0.717) is 24.0 Å². The van der Waals surface area contributed by atoms with Crippen LogP contribution in [0.3, 0.4) is 0 Å². The Labute approximate surface area is 180 Å². The summed E-state index contributed by atoms with van der Waals surface area (Å²) in [4.78, 5) is 21.6. The number of aromatic nitrogens is 1. The molecule has 2 atom stereocenters. The number of urea groups is 1. The van der Waals surface area contributed by atoms with Crippen LogP contribution in [0, 0.1) is 0 Å². The Hall–Kier alpha value is -3.05. The molecule has 0 saturated carbocycles. The number of nitrogens with zero attached hydrogens (tertiary/aromatic N) is 3. The van der Waals surface area contributed by atoms with Crippen LogP contribution in [0.1, 0.15) is 18.9 Å². The van der Waals surface area contributed by atoms with Gasteiger partial charge in [-0.1, -0.05) is 35.0 Å². The number of hydrogen-bond acceptors (Lipinski definition) is 6. The third-order valence-electron chi connectivity index (χ3n) is 4.89. The number of amides is 2. The molecule has 0 unspecified atom stereocenters. The van der Waals surface area contributed by atoms with Crippen molar-refractivity contribution in [3.63, 3.8) is 0 Å². The maximum atomic E-state index is 12.7. The highest BCUT2D eigenvalue weighted by molar-refractivity contribution is 6.33. The molecule has 3 heterocycles. The van der Waals surface area contributed by atoms with E-state index < -0.39 is 23.5 Å². The molecular formula is C19H18ClF3N6O2. The van der Waals surface area contributed by atoms with Gasteiger partial charge in [-0.25, -0.2) is 14.8 Å². The van der Waals surface area contributed by atoms with Gasteiger partial charge >= 0.3 is 12.2 Å². The van der Waals surface area contributed by atoms with Crippen LogP contribution in [0.15, 0.2) is 47.8 Å². The van der Waals surface area contributed by atoms with Crippen LogP contribution in [-0.4, -0.2) is 35.0 Å². The van der Waals surface area contributed by atoms with Crippen molar-refractivity contribution in [2.75, 3.05) is 16.9 Å². The molecule has 0 radical (unpaired) electrons. The summed E-state index contributed by atoms with van der Waals surface area (Å²) in [5, 5.41) is 11.0. The van der Waals surface area contributed by atoms with Gasteiger partial charge in [-0.2, -0.15) is 18.6 Å². The topological polar surface area (TPSA) is 90.9 Å². The van der Waals surface area contributed by atoms with E-state index in [1.54, 1.807) is 19.1 Å². The highest BCUT2D eigenvalue weighted by Crippen LogP contribution is 2.32. The fourth-order valence-electron chi connectivity index (χ4n) is 3.23. The summed E-state index contributed by atoms with van der Waals surface area (Å²) in [5.74, 6) is 0.112. The maximum absolute atomic E-state index is 12.7. The van der Waals surface area contributed by atoms with Gasteiger partial charge in [0.15, 0.2) is 0 Å². The highest BCUT2D eigenvalue weighted by Gasteiger charge is 2.45. The van der Waals surface area contributed by atoms with Crippen molar-refractivity contribution >= 4 is 34.8 Å². The van der Waals surface area contributed by atoms with Crippen molar-refractivity contribution in [3.05, 3.63) is 53.2 Å². The molecule has 8 nitrogen and oxygen atoms in total. The zero-order chi connectivity index (χ0) is 22.2. The number of para-hydroxylation sites is 1. The quantitative estimate of drug-likeness (QED) is 0.640. The average molecular weight is 455 g/mol. The van der Waals surface area contributed by atoms with Crippen molar-refractivity contribution in [1.82, 2.24) is 15.7 Å². The van der Waals surface area contributed by atoms with Crippen LogP contribution in [-0.2, 0) is 11.0 Å². The molecule has 4 rings (SSSR count). The van der Waals surface area contributed by atoms with Gasteiger partial charge in [-0.3, -0.25) is 0 Å². The maximum Gasteiger partial charge on any atom is 0.417 e. The van der Waals surface area contributed by atoms with E-state index in [2.05, 4.69) is 26.2 Å². The Morgan fingerprint density at radius 3 is 2.77 bits per heavy atom. The van der Waals surface area contributed by atoms with Crippen molar-refractivity contribution in [2.45, 2.75) is 31.3 Å². The Balaban J connectivity index is 1.36. The molecule has 2 amide bonds. The van der Waals surface area contributed by atoms with Crippen molar-refractivity contribution in [2.24, 2.45) is 5.16 Å². The van der Waals surface area contributed by atoms with Crippen LogP contribution in [0.5, 0.6) is 0 Å². The molecule has 0 spiro atoms. The van der Waals surface area contributed by atoms with E-state index in [-0.39, 0.29) is 23.4 Å². The number of carbonyl (C=O) groups is 1. The number of hydrazine groups is 1. The lowest BCUT2D eigenvalue weighted by atomic mass is 10.0. The molecule has 2 aliphatic heterocycles. The minimum atomic E-state index is -4.52. The molecule has 3 N–H and O–H groups in total. The summed E-state index contributed by atoms with van der Waals surface area (Å²) < 4.78 is 38.2. The zero-order valence-corrected chi connectivity index (χ0v) is 17.0. The average Bonchev–Trinajstić information content (AvgIpc) is 3.32. The molecule has 164 valence electrons. The molecule has 2 aliphatic rings. The molecule has 1 aromatic carbocycles. The summed E-state index contributed by atoms with van der Waals surface area (Å²) in [6.45, 7) is 1.97. The van der Waals surface area contributed by atoms with Crippen LogP contribution in [0.2, 0.25) is 5.02 Å². The van der Waals surface area contributed by atoms with Gasteiger partial charge < -0.3 is 15.5 Å². The number of rotatable bonds is 5. The van der Waals surface area contributed by atoms with E-state index in [1.165, 1.54) is 5.01 Å². The predicted octanol–water partition coefficient (Wildman–Crippen LogP) is 3.76. The minimum Gasteiger partial charge on any atom is -0.390 e. The normalized spacial score (nSPS) is 23.4. The summed E-state index contributed by atoms with van der Waals surface area (Å²) >= 11 is 5.91. The molecular weight excluding hydrogens is 437 g/mol. The van der Waals surface area contributed by atoms with E-state index in [4.69, 9.17) is 16.4 Å². The van der Waals surface area contributed by atoms with E-state index in [0.717, 1.165) is 6.07 Å². The molecule has 12 heteroatoms. The first-order chi connectivity index (χ1) is 14.7. The van der Waals surface area contributed by atoms with Gasteiger partial charge in [0, 0.05) is 12.6 Å². The Bertz CT molecular complexity index is 1020. The molecule has 0 bridgehead atoms. The number of alkyl halides is 3. The fourth-order valence-corrected chi connectivity index (χ4v) is 3.47. The number of pyridine rings is 1. The highest BCUT2D eigenvalue weighted by atomic mass is 35.5. The van der Waals surface area contributed by atoms with Crippen LogP contribution >= 0.6 is 11.6 Å². The largest absolute Gasteiger partial charge is 0.417 e. The van der Waals surface area contributed by atoms with Crippen LogP contribution in [0.4, 0.5) is 29.5 Å². The second kappa shape index (κ2) is 7.89. The minimum absolute atomic E-state index is 0.112. The summed E-state index contributed by atoms with van der Waals surface area (Å²) in [7, 11) is 0. The predicted molar refractivity (Wildman–Crippen MR) is 109 cm³/mol. The number of nitrogens with one attached hydrogen (secondary N) is 3. The summed E-state index contributed by atoms with van der Waals surface area (Å²) in [6.07, 6.45) is -3.86. The SMILES string of the molecule is C[C@]1(C2=NO[C@H](CNc3ncc(C(F)(F)F)cc3Cl)C2)NC(=O)N(c2ccccc2)N1. The molecule has 1 fully saturated rings. The summed E-state index contributed by atoms with van der Waals surface area (Å²) in [6, 6.07) is 9.54. The lowest BCUT2D eigenvalue weighted by Gasteiger charge is -2.24. The Morgan fingerprint density at radius 2 is 2.10 bits per heavy atom. The fraction of sp³-hybridized carbons (Fsp3) is 0.316. The lowest BCUT2D eigenvalue weighted by molar-refractivity contribution is -0.137. The molecule has 31 heavy (non-hydrogen) atoms. The van der Waals surface area contributed by atoms with Crippen molar-refractivity contribution < 1.29 is 22.8 Å². The number of oxime groups is 1. The molecule has 1 aromatic heterocycles. The van der Waals surface area contributed by atoms with Crippen molar-refractivity contribution in [1.29, 1.82) is 0 Å². The second-order valence-corrected chi connectivity index (χ2v) is 7.65. The number of anilines is 2. The number of halogens is 4.